The molecule has 0 rings (SSSR count). The molecule has 1 radical (unpaired) electrons. The van der Waals surface area contributed by atoms with Gasteiger partial charge in [-0.15, -0.1) is 0 Å². The number of rotatable bonds is 5. The summed E-state index contributed by atoms with van der Waals surface area (Å²) < 4.78 is 0. The van der Waals surface area contributed by atoms with Gasteiger partial charge in [-0.3, -0.25) is 0 Å². The standard InChI is InChI=1S/C7H14NO/c1-3-5-7-9-8-6-4-2/h6H,2-5,7H2,1H3/b8-6+. The zero-order chi connectivity index (χ0) is 6.95. The lowest BCUT2D eigenvalue weighted by molar-refractivity contribution is 0.142. The van der Waals surface area contributed by atoms with Crippen molar-refractivity contribution >= 4 is 6.21 Å². The van der Waals surface area contributed by atoms with Gasteiger partial charge in [-0.2, -0.15) is 0 Å². The maximum atomic E-state index is 4.84. The van der Waals surface area contributed by atoms with E-state index in [-0.39, 0.29) is 0 Å². The minimum absolute atomic E-state index is 0.701. The molecule has 2 nitrogen and oxygen atoms in total. The second kappa shape index (κ2) is 7.47. The minimum Gasteiger partial charge on any atom is -0.396 e. The Bertz CT molecular complexity index is 71.3. The third kappa shape index (κ3) is 7.47. The van der Waals surface area contributed by atoms with Gasteiger partial charge in [0, 0.05) is 6.21 Å². The van der Waals surface area contributed by atoms with Crippen LogP contribution in [-0.4, -0.2) is 12.8 Å². The first-order chi connectivity index (χ1) is 4.41. The van der Waals surface area contributed by atoms with Crippen LogP contribution in [0.4, 0.5) is 0 Å². The molecule has 53 valence electrons. The Kier molecular flexibility index (Phi) is 7.03. The maximum absolute atomic E-state index is 4.84. The molecule has 9 heavy (non-hydrogen) atoms. The summed E-state index contributed by atoms with van der Waals surface area (Å²) in [6.45, 7) is 6.42. The first-order valence-electron chi connectivity index (χ1n) is 3.34. The van der Waals surface area contributed by atoms with Gasteiger partial charge in [0.2, 0.25) is 0 Å². The molecule has 0 amide bonds. The minimum atomic E-state index is 0.701. The number of hydrogen-bond acceptors (Lipinski definition) is 2. The molecule has 0 aliphatic carbocycles. The highest BCUT2D eigenvalue weighted by atomic mass is 16.6. The predicted molar refractivity (Wildman–Crippen MR) is 39.3 cm³/mol. The fraction of sp³-hybridized carbons (Fsp3) is 0.714. The normalized spacial score (nSPS) is 10.4. The highest BCUT2D eigenvalue weighted by molar-refractivity contribution is 5.56. The maximum Gasteiger partial charge on any atom is 0.117 e. The molecule has 0 heterocycles. The molecule has 0 aliphatic rings. The fourth-order valence-electron chi connectivity index (χ4n) is 0.367. The Morgan fingerprint density at radius 1 is 1.67 bits per heavy atom. The molecule has 0 aromatic rings. The van der Waals surface area contributed by atoms with Crippen LogP contribution in [0.1, 0.15) is 26.2 Å². The van der Waals surface area contributed by atoms with Gasteiger partial charge in [-0.25, -0.2) is 0 Å². The summed E-state index contributed by atoms with van der Waals surface area (Å²) in [6.07, 6.45) is 4.59. The highest BCUT2D eigenvalue weighted by Gasteiger charge is 1.79. The largest absolute Gasteiger partial charge is 0.396 e. The summed E-state index contributed by atoms with van der Waals surface area (Å²) in [5.74, 6) is 0. The van der Waals surface area contributed by atoms with Crippen LogP contribution in [0.25, 0.3) is 0 Å². The average Bonchev–Trinajstić information content (AvgIpc) is 1.89. The van der Waals surface area contributed by atoms with E-state index in [4.69, 9.17) is 4.84 Å². The van der Waals surface area contributed by atoms with Gasteiger partial charge in [-0.05, 0) is 19.8 Å². The summed E-state index contributed by atoms with van der Waals surface area (Å²) in [5, 5.41) is 3.64. The Balaban J connectivity index is 2.82. The lowest BCUT2D eigenvalue weighted by Crippen LogP contribution is -1.85. The topological polar surface area (TPSA) is 21.6 Å². The first-order valence-corrected chi connectivity index (χ1v) is 3.34. The molecule has 0 saturated heterocycles. The van der Waals surface area contributed by atoms with Gasteiger partial charge in [0.05, 0.1) is 0 Å². The van der Waals surface area contributed by atoms with Gasteiger partial charge in [-0.1, -0.05) is 18.5 Å². The molecule has 0 bridgehead atoms. The smallest absolute Gasteiger partial charge is 0.117 e. The summed E-state index contributed by atoms with van der Waals surface area (Å²) in [4.78, 5) is 4.84. The summed E-state index contributed by atoms with van der Waals surface area (Å²) in [7, 11) is 0. The van der Waals surface area contributed by atoms with Crippen molar-refractivity contribution in [2.75, 3.05) is 6.61 Å². The van der Waals surface area contributed by atoms with Crippen molar-refractivity contribution in [2.45, 2.75) is 26.2 Å². The molecule has 0 fully saturated rings. The Hall–Kier alpha value is -0.530. The van der Waals surface area contributed by atoms with E-state index in [1.54, 1.807) is 6.21 Å². The van der Waals surface area contributed by atoms with Crippen molar-refractivity contribution in [3.8, 4) is 0 Å². The monoisotopic (exact) mass is 128 g/mol. The first kappa shape index (κ1) is 8.47. The lowest BCUT2D eigenvalue weighted by Gasteiger charge is -1.93. The molecule has 0 aromatic carbocycles. The second-order valence-electron chi connectivity index (χ2n) is 1.76. The van der Waals surface area contributed by atoms with Gasteiger partial charge in [0.25, 0.3) is 0 Å². The molecule has 0 saturated carbocycles. The Morgan fingerprint density at radius 3 is 3.00 bits per heavy atom. The number of nitrogens with zero attached hydrogens (tertiary/aromatic N) is 1. The third-order valence-corrected chi connectivity index (χ3v) is 0.867. The molecule has 0 atom stereocenters. The third-order valence-electron chi connectivity index (χ3n) is 0.867. The van der Waals surface area contributed by atoms with Crippen molar-refractivity contribution in [3.63, 3.8) is 0 Å². The molecule has 0 N–H and O–H groups in total. The quantitative estimate of drug-likeness (QED) is 0.315. The van der Waals surface area contributed by atoms with E-state index in [1.165, 1.54) is 0 Å². The van der Waals surface area contributed by atoms with Crippen LogP contribution in [0.3, 0.4) is 0 Å². The SMILES string of the molecule is [CH2]C/C=N/OCCCC. The van der Waals surface area contributed by atoms with Crippen molar-refractivity contribution in [1.82, 2.24) is 0 Å². The molecule has 0 spiro atoms. The number of hydrogen-bond donors (Lipinski definition) is 0. The van der Waals surface area contributed by atoms with Crippen LogP contribution in [0.2, 0.25) is 0 Å². The van der Waals surface area contributed by atoms with Crippen molar-refractivity contribution in [3.05, 3.63) is 6.92 Å². The fourth-order valence-corrected chi connectivity index (χ4v) is 0.367. The van der Waals surface area contributed by atoms with Crippen molar-refractivity contribution in [1.29, 1.82) is 0 Å². The van der Waals surface area contributed by atoms with Gasteiger partial charge < -0.3 is 4.84 Å². The van der Waals surface area contributed by atoms with Crippen LogP contribution in [-0.2, 0) is 4.84 Å². The highest BCUT2D eigenvalue weighted by Crippen LogP contribution is 1.87. The second-order valence-corrected chi connectivity index (χ2v) is 1.76. The average molecular weight is 128 g/mol. The molecule has 0 aliphatic heterocycles. The van der Waals surface area contributed by atoms with Gasteiger partial charge >= 0.3 is 0 Å². The Morgan fingerprint density at radius 2 is 2.44 bits per heavy atom. The molecule has 0 aromatic heterocycles. The van der Waals surface area contributed by atoms with Crippen LogP contribution in [0, 0.1) is 6.92 Å². The summed E-state index contributed by atoms with van der Waals surface area (Å²) in [6, 6.07) is 0. The van der Waals surface area contributed by atoms with Crippen molar-refractivity contribution < 1.29 is 4.84 Å². The van der Waals surface area contributed by atoms with E-state index in [0.29, 0.717) is 6.42 Å². The van der Waals surface area contributed by atoms with Crippen LogP contribution >= 0.6 is 0 Å². The molecule has 0 unspecified atom stereocenters. The predicted octanol–water partition coefficient (Wildman–Crippen LogP) is 2.01. The molecular weight excluding hydrogens is 114 g/mol. The van der Waals surface area contributed by atoms with E-state index < -0.39 is 0 Å². The van der Waals surface area contributed by atoms with Crippen molar-refractivity contribution in [2.24, 2.45) is 5.16 Å². The zero-order valence-corrected chi connectivity index (χ0v) is 5.97. The van der Waals surface area contributed by atoms with E-state index in [1.807, 2.05) is 0 Å². The zero-order valence-electron chi connectivity index (χ0n) is 5.97. The van der Waals surface area contributed by atoms with E-state index in [0.717, 1.165) is 19.4 Å². The van der Waals surface area contributed by atoms with Gasteiger partial charge in [0.1, 0.15) is 6.61 Å². The lowest BCUT2D eigenvalue weighted by atomic mass is 10.4. The van der Waals surface area contributed by atoms with E-state index in [2.05, 4.69) is 19.0 Å². The van der Waals surface area contributed by atoms with E-state index in [9.17, 15) is 0 Å². The summed E-state index contributed by atoms with van der Waals surface area (Å²) >= 11 is 0. The van der Waals surface area contributed by atoms with Crippen LogP contribution in [0.5, 0.6) is 0 Å². The van der Waals surface area contributed by atoms with E-state index >= 15 is 0 Å². The molecular formula is C7H14NO. The summed E-state index contributed by atoms with van der Waals surface area (Å²) in [5.41, 5.74) is 0. The van der Waals surface area contributed by atoms with Crippen LogP contribution < -0.4 is 0 Å². The number of oxime groups is 1. The Labute approximate surface area is 56.9 Å². The van der Waals surface area contributed by atoms with Crippen LogP contribution in [0.15, 0.2) is 5.16 Å². The van der Waals surface area contributed by atoms with Gasteiger partial charge in [0.15, 0.2) is 0 Å². The molecule has 2 heteroatoms. The number of unbranched alkanes of at least 4 members (excludes halogenated alkanes) is 1.